The molecule has 0 heterocycles. The zero-order valence-electron chi connectivity index (χ0n) is 13.7. The number of carbonyl (C=O) groups excluding carboxylic acids is 1. The zero-order valence-corrected chi connectivity index (χ0v) is 14.7. The molecule has 0 N–H and O–H groups in total. The van der Waals surface area contributed by atoms with Gasteiger partial charge in [-0.25, -0.2) is 0 Å². The van der Waals surface area contributed by atoms with Crippen molar-refractivity contribution < 1.29 is 9.22 Å². The van der Waals surface area contributed by atoms with Crippen molar-refractivity contribution in [2.45, 2.75) is 64.8 Å². The molecule has 0 amide bonds. The fourth-order valence-corrected chi connectivity index (χ4v) is 6.84. The Kier molecular flexibility index (Phi) is 3.61. The highest BCUT2D eigenvalue weighted by Crippen LogP contribution is 2.61. The van der Waals surface area contributed by atoms with E-state index in [0.717, 1.165) is 36.5 Å². The maximum Gasteiger partial charge on any atom is 0.193 e. The van der Waals surface area contributed by atoms with Crippen molar-refractivity contribution in [1.29, 1.82) is 0 Å². The first-order valence-corrected chi connectivity index (χ1v) is 10.9. The lowest BCUT2D eigenvalue weighted by atomic mass is 9.76. The van der Waals surface area contributed by atoms with Gasteiger partial charge in [0.05, 0.1) is 0 Å². The van der Waals surface area contributed by atoms with Crippen LogP contribution in [-0.4, -0.2) is 20.2 Å². The van der Waals surface area contributed by atoms with Gasteiger partial charge < -0.3 is 4.43 Å². The standard InChI is InChI=1S/C18H26O2Si/c1-5-21(6-2,7-3)20-17-16(19)15-10-8-9-14(15)13(4)18(17)11-12-18/h8-10,17H,5-7,11-12H2,1-4H3. The maximum atomic E-state index is 13.0. The summed E-state index contributed by atoms with van der Waals surface area (Å²) in [5.41, 5.74) is 3.48. The third-order valence-electron chi connectivity index (χ3n) is 6.06. The molecule has 0 radical (unpaired) electrons. The molecular weight excluding hydrogens is 276 g/mol. The molecule has 3 aliphatic carbocycles. The van der Waals surface area contributed by atoms with Crippen LogP contribution < -0.4 is 0 Å². The third kappa shape index (κ3) is 2.05. The molecule has 0 aliphatic heterocycles. The van der Waals surface area contributed by atoms with Crippen molar-refractivity contribution in [3.8, 4) is 0 Å². The normalized spacial score (nSPS) is 26.4. The molecule has 1 unspecified atom stereocenters. The van der Waals surface area contributed by atoms with E-state index in [1.807, 2.05) is 12.2 Å². The van der Waals surface area contributed by atoms with Crippen molar-refractivity contribution >= 4 is 14.1 Å². The van der Waals surface area contributed by atoms with Crippen LogP contribution in [0.25, 0.3) is 0 Å². The van der Waals surface area contributed by atoms with E-state index in [-0.39, 0.29) is 17.3 Å². The minimum atomic E-state index is -1.76. The number of hydrogen-bond acceptors (Lipinski definition) is 2. The van der Waals surface area contributed by atoms with Gasteiger partial charge >= 0.3 is 0 Å². The number of fused-ring (bicyclic) bond motifs is 1. The second-order valence-electron chi connectivity index (χ2n) is 6.74. The van der Waals surface area contributed by atoms with E-state index in [4.69, 9.17) is 4.43 Å². The van der Waals surface area contributed by atoms with Crippen LogP contribution in [0.15, 0.2) is 34.9 Å². The summed E-state index contributed by atoms with van der Waals surface area (Å²) in [6.45, 7) is 8.91. The van der Waals surface area contributed by atoms with Gasteiger partial charge in [-0.2, -0.15) is 0 Å². The summed E-state index contributed by atoms with van der Waals surface area (Å²) in [5.74, 6) is 0.241. The Bertz CT molecular complexity index is 552. The van der Waals surface area contributed by atoms with Crippen LogP contribution in [0.2, 0.25) is 18.1 Å². The van der Waals surface area contributed by atoms with Gasteiger partial charge in [-0.05, 0) is 43.5 Å². The first kappa shape index (κ1) is 15.0. The van der Waals surface area contributed by atoms with Crippen LogP contribution in [0.1, 0.15) is 40.5 Å². The van der Waals surface area contributed by atoms with E-state index in [2.05, 4.69) is 33.8 Å². The Hall–Kier alpha value is -0.933. The Morgan fingerprint density at radius 1 is 1.24 bits per heavy atom. The Balaban J connectivity index is 1.99. The van der Waals surface area contributed by atoms with Crippen LogP contribution in [0.4, 0.5) is 0 Å². The average molecular weight is 302 g/mol. The first-order chi connectivity index (χ1) is 10.0. The minimum Gasteiger partial charge on any atom is -0.406 e. The molecule has 1 spiro atoms. The van der Waals surface area contributed by atoms with E-state index >= 15 is 0 Å². The number of hydrogen-bond donors (Lipinski definition) is 0. The lowest BCUT2D eigenvalue weighted by Crippen LogP contribution is -2.49. The summed E-state index contributed by atoms with van der Waals surface area (Å²) < 4.78 is 6.68. The van der Waals surface area contributed by atoms with Crippen LogP contribution in [0.3, 0.4) is 0 Å². The number of rotatable bonds is 5. The molecule has 3 aliphatic rings. The van der Waals surface area contributed by atoms with Gasteiger partial charge in [0.2, 0.25) is 0 Å². The number of ketones is 1. The van der Waals surface area contributed by atoms with Crippen molar-refractivity contribution in [2.24, 2.45) is 5.41 Å². The minimum absolute atomic E-state index is 0.0240. The summed E-state index contributed by atoms with van der Waals surface area (Å²) in [6.07, 6.45) is 8.10. The molecule has 2 nitrogen and oxygen atoms in total. The second-order valence-corrected chi connectivity index (χ2v) is 11.5. The van der Waals surface area contributed by atoms with Gasteiger partial charge in [-0.1, -0.05) is 44.6 Å². The van der Waals surface area contributed by atoms with Crippen molar-refractivity contribution in [3.05, 3.63) is 34.9 Å². The molecule has 0 aromatic heterocycles. The lowest BCUT2D eigenvalue weighted by molar-refractivity contribution is -0.125. The predicted octanol–water partition coefficient (Wildman–Crippen LogP) is 4.55. The molecule has 1 fully saturated rings. The summed E-state index contributed by atoms with van der Waals surface area (Å²) in [4.78, 5) is 13.0. The van der Waals surface area contributed by atoms with E-state index in [1.54, 1.807) is 0 Å². The molecule has 21 heavy (non-hydrogen) atoms. The van der Waals surface area contributed by atoms with E-state index < -0.39 is 8.32 Å². The summed E-state index contributed by atoms with van der Waals surface area (Å²) in [5, 5.41) is 0. The first-order valence-electron chi connectivity index (χ1n) is 8.35. The molecule has 1 saturated carbocycles. The molecule has 1 atom stereocenters. The fourth-order valence-electron chi connectivity index (χ4n) is 4.01. The fraction of sp³-hybridized carbons (Fsp3) is 0.611. The summed E-state index contributed by atoms with van der Waals surface area (Å²) in [6, 6.07) is 3.31. The van der Waals surface area contributed by atoms with Gasteiger partial charge in [0.15, 0.2) is 14.1 Å². The topological polar surface area (TPSA) is 26.3 Å². The SMILES string of the molecule is CC[Si](CC)(CC)OC1C(=O)C2=CC=CC2=C(C)C12CC2. The van der Waals surface area contributed by atoms with E-state index in [0.29, 0.717) is 0 Å². The van der Waals surface area contributed by atoms with Crippen LogP contribution >= 0.6 is 0 Å². The van der Waals surface area contributed by atoms with Crippen LogP contribution in [0, 0.1) is 5.41 Å². The van der Waals surface area contributed by atoms with Gasteiger partial charge in [0.25, 0.3) is 0 Å². The zero-order chi connectivity index (χ0) is 15.3. The molecule has 114 valence electrons. The van der Waals surface area contributed by atoms with Crippen molar-refractivity contribution in [3.63, 3.8) is 0 Å². The summed E-state index contributed by atoms with van der Waals surface area (Å²) >= 11 is 0. The molecule has 3 rings (SSSR count). The highest BCUT2D eigenvalue weighted by atomic mass is 28.4. The molecular formula is C18H26O2Si. The van der Waals surface area contributed by atoms with Gasteiger partial charge in [0.1, 0.15) is 6.10 Å². The molecule has 0 bridgehead atoms. The van der Waals surface area contributed by atoms with Crippen LogP contribution in [-0.2, 0) is 9.22 Å². The number of Topliss-reactive ketones (excluding diaryl/α,β-unsaturated/α-hetero) is 1. The Labute approximate surface area is 129 Å². The quantitative estimate of drug-likeness (QED) is 0.696. The van der Waals surface area contributed by atoms with E-state index in [1.165, 1.54) is 11.1 Å². The molecule has 0 aromatic rings. The highest BCUT2D eigenvalue weighted by Gasteiger charge is 2.59. The Morgan fingerprint density at radius 2 is 1.86 bits per heavy atom. The maximum absolute atomic E-state index is 13.0. The summed E-state index contributed by atoms with van der Waals surface area (Å²) in [7, 11) is -1.76. The number of carbonyl (C=O) groups is 1. The van der Waals surface area contributed by atoms with Crippen molar-refractivity contribution in [1.82, 2.24) is 0 Å². The average Bonchev–Trinajstić information content (AvgIpc) is 3.15. The van der Waals surface area contributed by atoms with Crippen LogP contribution in [0.5, 0.6) is 0 Å². The third-order valence-corrected chi connectivity index (χ3v) is 10.7. The predicted molar refractivity (Wildman–Crippen MR) is 88.7 cm³/mol. The largest absolute Gasteiger partial charge is 0.406 e. The molecule has 0 saturated heterocycles. The van der Waals surface area contributed by atoms with Crippen molar-refractivity contribution in [2.75, 3.05) is 0 Å². The highest BCUT2D eigenvalue weighted by molar-refractivity contribution is 6.73. The lowest BCUT2D eigenvalue weighted by Gasteiger charge is -2.40. The van der Waals surface area contributed by atoms with E-state index in [9.17, 15) is 4.79 Å². The number of allylic oxidation sites excluding steroid dienone is 4. The molecule has 3 heteroatoms. The van der Waals surface area contributed by atoms with Gasteiger partial charge in [0, 0.05) is 11.0 Å². The van der Waals surface area contributed by atoms with Gasteiger partial charge in [-0.3, -0.25) is 4.79 Å². The van der Waals surface area contributed by atoms with Gasteiger partial charge in [-0.15, -0.1) is 0 Å². The molecule has 0 aromatic carbocycles. The second kappa shape index (κ2) is 5.06. The Morgan fingerprint density at radius 3 is 2.38 bits per heavy atom. The monoisotopic (exact) mass is 302 g/mol. The smallest absolute Gasteiger partial charge is 0.193 e.